The van der Waals surface area contributed by atoms with E-state index in [1.807, 2.05) is 25.1 Å². The highest BCUT2D eigenvalue weighted by Crippen LogP contribution is 2.27. The molecule has 1 nitrogen and oxygen atoms in total. The van der Waals surface area contributed by atoms with Crippen LogP contribution in [0.25, 0.3) is 0 Å². The zero-order chi connectivity index (χ0) is 10.6. The summed E-state index contributed by atoms with van der Waals surface area (Å²) >= 11 is 6.04. The molecule has 1 rings (SSSR count). The number of aliphatic hydroxyl groups excluding tert-OH is 1. The summed E-state index contributed by atoms with van der Waals surface area (Å²) in [5, 5.41) is 10.5. The Morgan fingerprint density at radius 1 is 1.43 bits per heavy atom. The summed E-state index contributed by atoms with van der Waals surface area (Å²) in [4.78, 5) is 0. The van der Waals surface area contributed by atoms with Crippen LogP contribution in [0.2, 0.25) is 5.02 Å². The number of rotatable bonds is 4. The van der Waals surface area contributed by atoms with Gasteiger partial charge in [-0.05, 0) is 30.5 Å². The number of aliphatic hydroxyl groups is 1. The summed E-state index contributed by atoms with van der Waals surface area (Å²) in [6.45, 7) is 4.11. The first-order valence-electron chi connectivity index (χ1n) is 5.09. The van der Waals surface area contributed by atoms with Gasteiger partial charge in [-0.15, -0.1) is 0 Å². The average molecular weight is 213 g/mol. The van der Waals surface area contributed by atoms with E-state index in [0.29, 0.717) is 5.02 Å². The molecule has 1 atom stereocenters. The van der Waals surface area contributed by atoms with E-state index in [2.05, 4.69) is 6.92 Å². The van der Waals surface area contributed by atoms with Crippen LogP contribution in [-0.4, -0.2) is 5.11 Å². The minimum atomic E-state index is -0.414. The van der Waals surface area contributed by atoms with Crippen LogP contribution in [0.5, 0.6) is 0 Å². The van der Waals surface area contributed by atoms with E-state index in [1.165, 1.54) is 0 Å². The molecule has 0 aliphatic rings. The van der Waals surface area contributed by atoms with Crippen molar-refractivity contribution in [1.82, 2.24) is 0 Å². The van der Waals surface area contributed by atoms with Gasteiger partial charge < -0.3 is 5.11 Å². The van der Waals surface area contributed by atoms with Crippen LogP contribution in [0.15, 0.2) is 18.2 Å². The van der Waals surface area contributed by atoms with E-state index >= 15 is 0 Å². The van der Waals surface area contributed by atoms with E-state index in [-0.39, 0.29) is 0 Å². The first-order chi connectivity index (χ1) is 6.65. The smallest absolute Gasteiger partial charge is 0.0804 e. The van der Waals surface area contributed by atoms with E-state index < -0.39 is 6.10 Å². The second kappa shape index (κ2) is 5.38. The maximum Gasteiger partial charge on any atom is 0.0804 e. The number of hydrogen-bond donors (Lipinski definition) is 1. The van der Waals surface area contributed by atoms with Crippen molar-refractivity contribution >= 4 is 11.6 Å². The first kappa shape index (κ1) is 11.5. The van der Waals surface area contributed by atoms with Gasteiger partial charge in [0.1, 0.15) is 0 Å². The molecule has 0 spiro atoms. The van der Waals surface area contributed by atoms with Gasteiger partial charge in [-0.3, -0.25) is 0 Å². The lowest BCUT2D eigenvalue weighted by Gasteiger charge is -2.12. The van der Waals surface area contributed by atoms with Crippen molar-refractivity contribution < 1.29 is 5.11 Å². The highest BCUT2D eigenvalue weighted by molar-refractivity contribution is 6.31. The van der Waals surface area contributed by atoms with Crippen molar-refractivity contribution in [3.8, 4) is 0 Å². The third-order valence-electron chi connectivity index (χ3n) is 2.35. The maximum atomic E-state index is 9.84. The molecule has 0 saturated carbocycles. The molecule has 1 aromatic rings. The molecule has 0 fully saturated rings. The molecular formula is C12H17ClO. The molecule has 14 heavy (non-hydrogen) atoms. The summed E-state index contributed by atoms with van der Waals surface area (Å²) in [6, 6.07) is 5.79. The van der Waals surface area contributed by atoms with Crippen molar-refractivity contribution in [2.75, 3.05) is 0 Å². The molecule has 0 heterocycles. The van der Waals surface area contributed by atoms with Gasteiger partial charge in [-0.2, -0.15) is 0 Å². The largest absolute Gasteiger partial charge is 0.388 e. The number of aryl methyl sites for hydroxylation is 1. The van der Waals surface area contributed by atoms with Crippen LogP contribution in [-0.2, 0) is 0 Å². The molecule has 2 heteroatoms. The average Bonchev–Trinajstić information content (AvgIpc) is 2.14. The molecule has 0 radical (unpaired) electrons. The van der Waals surface area contributed by atoms with Crippen LogP contribution in [0.1, 0.15) is 43.4 Å². The fourth-order valence-corrected chi connectivity index (χ4v) is 1.82. The zero-order valence-corrected chi connectivity index (χ0v) is 9.51. The minimum Gasteiger partial charge on any atom is -0.388 e. The predicted octanol–water partition coefficient (Wildman–Crippen LogP) is 3.87. The van der Waals surface area contributed by atoms with Crippen molar-refractivity contribution in [3.63, 3.8) is 0 Å². The van der Waals surface area contributed by atoms with Crippen LogP contribution < -0.4 is 0 Å². The lowest BCUT2D eigenvalue weighted by atomic mass is 10.0. The van der Waals surface area contributed by atoms with E-state index in [1.54, 1.807) is 0 Å². The van der Waals surface area contributed by atoms with Crippen molar-refractivity contribution in [1.29, 1.82) is 0 Å². The Bertz CT molecular complexity index is 296. The van der Waals surface area contributed by atoms with Gasteiger partial charge in [-0.25, -0.2) is 0 Å². The molecule has 1 aromatic carbocycles. The van der Waals surface area contributed by atoms with E-state index in [4.69, 9.17) is 11.6 Å². The summed E-state index contributed by atoms with van der Waals surface area (Å²) < 4.78 is 0. The second-order valence-corrected chi connectivity index (χ2v) is 4.09. The fourth-order valence-electron chi connectivity index (χ4n) is 1.46. The number of benzene rings is 1. The van der Waals surface area contributed by atoms with Gasteiger partial charge in [0.05, 0.1) is 6.10 Å². The SMILES string of the molecule is CCCCC(O)c1ccc(C)cc1Cl. The Kier molecular flexibility index (Phi) is 4.43. The Hall–Kier alpha value is -0.530. The highest BCUT2D eigenvalue weighted by Gasteiger charge is 2.10. The first-order valence-corrected chi connectivity index (χ1v) is 5.47. The van der Waals surface area contributed by atoms with Crippen LogP contribution in [0, 0.1) is 6.92 Å². The Morgan fingerprint density at radius 2 is 2.14 bits per heavy atom. The monoisotopic (exact) mass is 212 g/mol. The van der Waals surface area contributed by atoms with Crippen LogP contribution in [0.4, 0.5) is 0 Å². The van der Waals surface area contributed by atoms with E-state index in [9.17, 15) is 5.11 Å². The van der Waals surface area contributed by atoms with Gasteiger partial charge in [0, 0.05) is 5.02 Å². The van der Waals surface area contributed by atoms with Gasteiger partial charge in [0.2, 0.25) is 0 Å². The molecule has 0 aromatic heterocycles. The molecular weight excluding hydrogens is 196 g/mol. The lowest BCUT2D eigenvalue weighted by Crippen LogP contribution is -1.98. The Balaban J connectivity index is 2.74. The van der Waals surface area contributed by atoms with Gasteiger partial charge in [0.25, 0.3) is 0 Å². The summed E-state index contributed by atoms with van der Waals surface area (Å²) in [7, 11) is 0. The zero-order valence-electron chi connectivity index (χ0n) is 8.76. The fraction of sp³-hybridized carbons (Fsp3) is 0.500. The molecule has 1 unspecified atom stereocenters. The molecule has 1 N–H and O–H groups in total. The lowest BCUT2D eigenvalue weighted by molar-refractivity contribution is 0.164. The molecule has 0 aliphatic heterocycles. The van der Waals surface area contributed by atoms with Gasteiger partial charge >= 0.3 is 0 Å². The number of halogens is 1. The second-order valence-electron chi connectivity index (χ2n) is 3.68. The van der Waals surface area contributed by atoms with Gasteiger partial charge in [0.15, 0.2) is 0 Å². The molecule has 0 saturated heterocycles. The Morgan fingerprint density at radius 3 is 2.71 bits per heavy atom. The van der Waals surface area contributed by atoms with E-state index in [0.717, 1.165) is 30.4 Å². The summed E-state index contributed by atoms with van der Waals surface area (Å²) in [6.07, 6.45) is 2.51. The predicted molar refractivity (Wildman–Crippen MR) is 60.7 cm³/mol. The third kappa shape index (κ3) is 3.00. The highest BCUT2D eigenvalue weighted by atomic mass is 35.5. The molecule has 0 bridgehead atoms. The quantitative estimate of drug-likeness (QED) is 0.804. The molecule has 0 aliphatic carbocycles. The van der Waals surface area contributed by atoms with Crippen molar-refractivity contribution in [2.24, 2.45) is 0 Å². The number of unbranched alkanes of at least 4 members (excludes halogenated alkanes) is 1. The molecule has 78 valence electrons. The topological polar surface area (TPSA) is 20.2 Å². The normalized spacial score (nSPS) is 12.9. The van der Waals surface area contributed by atoms with Crippen LogP contribution >= 0.6 is 11.6 Å². The number of hydrogen-bond acceptors (Lipinski definition) is 1. The van der Waals surface area contributed by atoms with Crippen molar-refractivity contribution in [2.45, 2.75) is 39.2 Å². The van der Waals surface area contributed by atoms with Crippen LogP contribution in [0.3, 0.4) is 0 Å². The summed E-state index contributed by atoms with van der Waals surface area (Å²) in [5.74, 6) is 0. The van der Waals surface area contributed by atoms with Gasteiger partial charge in [-0.1, -0.05) is 43.5 Å². The summed E-state index contributed by atoms with van der Waals surface area (Å²) in [5.41, 5.74) is 1.98. The third-order valence-corrected chi connectivity index (χ3v) is 2.67. The Labute approximate surface area is 90.7 Å². The maximum absolute atomic E-state index is 9.84. The minimum absolute atomic E-state index is 0.414. The standard InChI is InChI=1S/C12H17ClO/c1-3-4-5-12(14)10-7-6-9(2)8-11(10)13/h6-8,12,14H,3-5H2,1-2H3. The molecule has 0 amide bonds. The van der Waals surface area contributed by atoms with Crippen molar-refractivity contribution in [3.05, 3.63) is 34.3 Å².